The van der Waals surface area contributed by atoms with Crippen molar-refractivity contribution in [3.63, 3.8) is 0 Å². The number of nitrogens with zero attached hydrogens (tertiary/aromatic N) is 1. The Morgan fingerprint density at radius 2 is 0.746 bits per heavy atom. The lowest BCUT2D eigenvalue weighted by Crippen LogP contribution is -2.55. The second-order valence-electron chi connectivity index (χ2n) is 18.8. The second-order valence-corrected chi connectivity index (χ2v) is 18.8. The summed E-state index contributed by atoms with van der Waals surface area (Å²) in [5, 5.41) is 11.6. The molecular weight excluding hydrogens is 739 g/mol. The van der Waals surface area contributed by atoms with Crippen molar-refractivity contribution < 1.29 is 38.2 Å². The maximum atomic E-state index is 12.7. The third-order valence-corrected chi connectivity index (χ3v) is 12.0. The Hall–Kier alpha value is -1.67. The second kappa shape index (κ2) is 43.0. The standard InChI is InChI=1S/C51H99NO7/c1-6-8-10-12-14-16-18-20-22-23-24-25-26-27-28-30-31-33-35-37-39-41-49(53)58-46-47(45-57-44-43-48(51(55)56)52(3,4)5)59-50(54)42-40-38-36-34-32-29-21-19-17-15-13-11-9-7-2/h47-48H,6-46H2,1-5H3. The van der Waals surface area contributed by atoms with Gasteiger partial charge in [-0.25, -0.2) is 0 Å². The van der Waals surface area contributed by atoms with Crippen LogP contribution in [0.15, 0.2) is 0 Å². The summed E-state index contributed by atoms with van der Waals surface area (Å²) in [4.78, 5) is 37.0. The van der Waals surface area contributed by atoms with E-state index in [2.05, 4.69) is 13.8 Å². The fourth-order valence-electron chi connectivity index (χ4n) is 8.02. The van der Waals surface area contributed by atoms with Crippen LogP contribution in [-0.4, -0.2) is 75.5 Å². The van der Waals surface area contributed by atoms with Crippen LogP contribution in [0.2, 0.25) is 0 Å². The van der Waals surface area contributed by atoms with Crippen LogP contribution < -0.4 is 5.11 Å². The third kappa shape index (κ3) is 41.5. The van der Waals surface area contributed by atoms with Crippen LogP contribution in [-0.2, 0) is 28.6 Å². The van der Waals surface area contributed by atoms with Crippen LogP contribution in [0.3, 0.4) is 0 Å². The van der Waals surface area contributed by atoms with Gasteiger partial charge in [0, 0.05) is 19.3 Å². The van der Waals surface area contributed by atoms with E-state index in [0.29, 0.717) is 12.8 Å². The molecule has 0 aromatic heterocycles. The van der Waals surface area contributed by atoms with Gasteiger partial charge in [-0.1, -0.05) is 226 Å². The molecule has 0 rings (SSSR count). The Morgan fingerprint density at radius 3 is 1.05 bits per heavy atom. The predicted molar refractivity (Wildman–Crippen MR) is 245 cm³/mol. The highest BCUT2D eigenvalue weighted by Crippen LogP contribution is 2.17. The quantitative estimate of drug-likeness (QED) is 0.0342. The molecule has 0 N–H and O–H groups in total. The summed E-state index contributed by atoms with van der Waals surface area (Å²) in [5.41, 5.74) is 0. The smallest absolute Gasteiger partial charge is 0.306 e. The number of likely N-dealkylation sites (N-methyl/N-ethyl adjacent to an activating group) is 1. The highest BCUT2D eigenvalue weighted by atomic mass is 16.6. The van der Waals surface area contributed by atoms with E-state index in [-0.39, 0.29) is 42.7 Å². The zero-order chi connectivity index (χ0) is 43.5. The van der Waals surface area contributed by atoms with Crippen molar-refractivity contribution in [1.82, 2.24) is 0 Å². The van der Waals surface area contributed by atoms with E-state index in [9.17, 15) is 19.5 Å². The molecule has 0 aliphatic rings. The molecule has 0 saturated carbocycles. The van der Waals surface area contributed by atoms with Crippen LogP contribution in [0.25, 0.3) is 0 Å². The Balaban J connectivity index is 4.15. The minimum Gasteiger partial charge on any atom is -0.544 e. The topological polar surface area (TPSA) is 102 Å². The summed E-state index contributed by atoms with van der Waals surface area (Å²) in [5.74, 6) is -1.71. The number of carboxylic acids is 1. The van der Waals surface area contributed by atoms with E-state index in [1.807, 2.05) is 21.1 Å². The lowest BCUT2D eigenvalue weighted by molar-refractivity contribution is -0.889. The van der Waals surface area contributed by atoms with Crippen molar-refractivity contribution in [2.75, 3.05) is 41.0 Å². The fourth-order valence-corrected chi connectivity index (χ4v) is 8.02. The van der Waals surface area contributed by atoms with Gasteiger partial charge >= 0.3 is 11.9 Å². The van der Waals surface area contributed by atoms with Gasteiger partial charge in [-0.3, -0.25) is 9.59 Å². The summed E-state index contributed by atoms with van der Waals surface area (Å²) >= 11 is 0. The van der Waals surface area contributed by atoms with Crippen molar-refractivity contribution in [2.24, 2.45) is 0 Å². The Labute approximate surface area is 366 Å². The number of carbonyl (C=O) groups is 3. The molecule has 0 aromatic rings. The van der Waals surface area contributed by atoms with Crippen molar-refractivity contribution in [2.45, 2.75) is 270 Å². The Kier molecular flexibility index (Phi) is 41.8. The summed E-state index contributed by atoms with van der Waals surface area (Å²) in [6.45, 7) is 4.72. The first-order valence-corrected chi connectivity index (χ1v) is 25.6. The number of ether oxygens (including phenoxy) is 3. The molecule has 8 heteroatoms. The SMILES string of the molecule is CCCCCCCCCCCCCCCCCCCCCCCC(=O)OCC(COCCC(C(=O)[O-])[N+](C)(C)C)OC(=O)CCCCCCCCCCCCCCCC. The average molecular weight is 838 g/mol. The van der Waals surface area contributed by atoms with Crippen LogP contribution in [0.1, 0.15) is 258 Å². The first-order valence-electron chi connectivity index (χ1n) is 25.6. The molecule has 350 valence electrons. The molecule has 2 atom stereocenters. The third-order valence-electron chi connectivity index (χ3n) is 12.0. The largest absolute Gasteiger partial charge is 0.544 e. The van der Waals surface area contributed by atoms with Gasteiger partial charge in [0.05, 0.1) is 40.3 Å². The summed E-state index contributed by atoms with van der Waals surface area (Å²) in [7, 11) is 5.43. The van der Waals surface area contributed by atoms with Gasteiger partial charge in [0.1, 0.15) is 12.6 Å². The molecule has 0 fully saturated rings. The normalized spacial score (nSPS) is 12.8. The number of rotatable bonds is 47. The molecule has 0 heterocycles. The minimum absolute atomic E-state index is 0.0496. The minimum atomic E-state index is -1.12. The van der Waals surface area contributed by atoms with E-state index in [0.717, 1.165) is 38.5 Å². The van der Waals surface area contributed by atoms with Crippen LogP contribution in [0, 0.1) is 0 Å². The lowest BCUT2D eigenvalue weighted by atomic mass is 10.0. The van der Waals surface area contributed by atoms with Crippen molar-refractivity contribution in [3.05, 3.63) is 0 Å². The monoisotopic (exact) mass is 838 g/mol. The molecule has 0 spiro atoms. The van der Waals surface area contributed by atoms with Gasteiger partial charge in [-0.05, 0) is 12.8 Å². The van der Waals surface area contributed by atoms with E-state index < -0.39 is 18.1 Å². The summed E-state index contributed by atoms with van der Waals surface area (Å²) in [6.07, 6.45) is 45.6. The molecule has 0 bridgehead atoms. The van der Waals surface area contributed by atoms with Gasteiger partial charge in [0.15, 0.2) is 6.10 Å². The van der Waals surface area contributed by atoms with Crippen LogP contribution in [0.5, 0.6) is 0 Å². The van der Waals surface area contributed by atoms with Crippen molar-refractivity contribution >= 4 is 17.9 Å². The molecular formula is C51H99NO7. The Morgan fingerprint density at radius 1 is 0.441 bits per heavy atom. The van der Waals surface area contributed by atoms with Gasteiger partial charge < -0.3 is 28.6 Å². The molecule has 8 nitrogen and oxygen atoms in total. The number of hydrogen-bond donors (Lipinski definition) is 0. The van der Waals surface area contributed by atoms with E-state index >= 15 is 0 Å². The lowest BCUT2D eigenvalue weighted by Gasteiger charge is -2.34. The maximum Gasteiger partial charge on any atom is 0.306 e. The maximum absolute atomic E-state index is 12.7. The number of carboxylic acid groups (broad SMARTS) is 1. The average Bonchev–Trinajstić information content (AvgIpc) is 3.19. The highest BCUT2D eigenvalue weighted by Gasteiger charge is 2.25. The van der Waals surface area contributed by atoms with Crippen LogP contribution >= 0.6 is 0 Å². The molecule has 0 radical (unpaired) electrons. The number of hydrogen-bond acceptors (Lipinski definition) is 7. The van der Waals surface area contributed by atoms with E-state index in [1.54, 1.807) is 0 Å². The van der Waals surface area contributed by atoms with Gasteiger partial charge in [-0.2, -0.15) is 0 Å². The van der Waals surface area contributed by atoms with Crippen LogP contribution in [0.4, 0.5) is 0 Å². The van der Waals surface area contributed by atoms with E-state index in [1.165, 1.54) is 186 Å². The number of quaternary nitrogens is 1. The van der Waals surface area contributed by atoms with Gasteiger partial charge in [-0.15, -0.1) is 0 Å². The number of unbranched alkanes of at least 4 members (excludes halogenated alkanes) is 33. The summed E-state index contributed by atoms with van der Waals surface area (Å²) < 4.78 is 17.2. The number of esters is 2. The first-order chi connectivity index (χ1) is 28.6. The fraction of sp³-hybridized carbons (Fsp3) is 0.941. The van der Waals surface area contributed by atoms with Crippen molar-refractivity contribution in [1.29, 1.82) is 0 Å². The first kappa shape index (κ1) is 57.3. The van der Waals surface area contributed by atoms with E-state index in [4.69, 9.17) is 14.2 Å². The molecule has 0 amide bonds. The zero-order valence-corrected chi connectivity index (χ0v) is 40.0. The summed E-state index contributed by atoms with van der Waals surface area (Å²) in [6, 6.07) is -0.719. The predicted octanol–water partition coefficient (Wildman–Crippen LogP) is 13.1. The molecule has 2 unspecified atom stereocenters. The Bertz CT molecular complexity index is 936. The molecule has 59 heavy (non-hydrogen) atoms. The highest BCUT2D eigenvalue weighted by molar-refractivity contribution is 5.70. The molecule has 0 saturated heterocycles. The molecule has 0 aliphatic heterocycles. The number of aliphatic carboxylic acids is 1. The molecule has 0 aliphatic carbocycles. The zero-order valence-electron chi connectivity index (χ0n) is 40.0. The molecule has 0 aromatic carbocycles. The number of carbonyl (C=O) groups excluding carboxylic acids is 3. The van der Waals surface area contributed by atoms with Gasteiger partial charge in [0.2, 0.25) is 0 Å². The van der Waals surface area contributed by atoms with Gasteiger partial charge in [0.25, 0.3) is 0 Å². The van der Waals surface area contributed by atoms with Crippen molar-refractivity contribution in [3.8, 4) is 0 Å².